The Balaban J connectivity index is 1.64. The predicted octanol–water partition coefficient (Wildman–Crippen LogP) is 3.75. The van der Waals surface area contributed by atoms with Crippen LogP contribution < -0.4 is 14.8 Å². The lowest BCUT2D eigenvalue weighted by molar-refractivity contribution is -0.135. The van der Waals surface area contributed by atoms with E-state index in [0.717, 1.165) is 5.56 Å². The molecule has 160 valence electrons. The number of benzene rings is 2. The summed E-state index contributed by atoms with van der Waals surface area (Å²) in [5.74, 6) is 0.379. The second kappa shape index (κ2) is 9.15. The topological polar surface area (TPSA) is 67.9 Å². The smallest absolute Gasteiger partial charge is 0.243 e. The summed E-state index contributed by atoms with van der Waals surface area (Å²) in [6.45, 7) is 4.65. The number of halogens is 1. The van der Waals surface area contributed by atoms with Gasteiger partial charge in [-0.15, -0.1) is 0 Å². The minimum Gasteiger partial charge on any atom is -0.490 e. The summed E-state index contributed by atoms with van der Waals surface area (Å²) < 4.78 is 24.3. The third kappa shape index (κ3) is 4.72. The summed E-state index contributed by atoms with van der Waals surface area (Å²) >= 11 is 0. The van der Waals surface area contributed by atoms with Crippen LogP contribution in [0.5, 0.6) is 11.5 Å². The minimum atomic E-state index is -0.649. The van der Waals surface area contributed by atoms with Crippen molar-refractivity contribution in [3.05, 3.63) is 53.8 Å². The van der Waals surface area contributed by atoms with Crippen molar-refractivity contribution >= 4 is 17.5 Å². The number of hydrogen-bond donors (Lipinski definition) is 1. The van der Waals surface area contributed by atoms with Crippen molar-refractivity contribution in [3.63, 3.8) is 0 Å². The molecule has 2 aromatic carbocycles. The normalized spacial score (nSPS) is 14.0. The molecule has 0 aromatic heterocycles. The highest BCUT2D eigenvalue weighted by Crippen LogP contribution is 2.49. The van der Waals surface area contributed by atoms with Crippen molar-refractivity contribution in [2.75, 3.05) is 32.1 Å². The maximum Gasteiger partial charge on any atom is 0.243 e. The van der Waals surface area contributed by atoms with E-state index in [0.29, 0.717) is 43.2 Å². The molecule has 2 aromatic rings. The summed E-state index contributed by atoms with van der Waals surface area (Å²) in [6.07, 6.45) is 1.39. The number of hydrogen-bond acceptors (Lipinski definition) is 4. The molecule has 7 heteroatoms. The van der Waals surface area contributed by atoms with Crippen LogP contribution in [-0.2, 0) is 15.0 Å². The van der Waals surface area contributed by atoms with Crippen LogP contribution in [0.15, 0.2) is 42.5 Å². The molecule has 1 N–H and O–H groups in total. The van der Waals surface area contributed by atoms with E-state index in [2.05, 4.69) is 5.32 Å². The second-order valence-corrected chi connectivity index (χ2v) is 7.33. The van der Waals surface area contributed by atoms with Gasteiger partial charge in [-0.1, -0.05) is 12.1 Å². The molecule has 0 bridgehead atoms. The van der Waals surface area contributed by atoms with E-state index in [1.807, 2.05) is 13.8 Å². The number of carbonyl (C=O) groups excluding carboxylic acids is 2. The number of rotatable bonds is 9. The van der Waals surface area contributed by atoms with Crippen LogP contribution >= 0.6 is 0 Å². The molecule has 0 heterocycles. The van der Waals surface area contributed by atoms with Crippen molar-refractivity contribution in [1.29, 1.82) is 0 Å². The zero-order valence-corrected chi connectivity index (χ0v) is 17.5. The summed E-state index contributed by atoms with van der Waals surface area (Å²) in [5, 5.41) is 2.80. The Labute approximate surface area is 176 Å². The molecule has 0 aliphatic heterocycles. The number of nitrogens with one attached hydrogen (secondary N) is 1. The van der Waals surface area contributed by atoms with E-state index in [1.54, 1.807) is 37.4 Å². The summed E-state index contributed by atoms with van der Waals surface area (Å²) in [6, 6.07) is 11.2. The van der Waals surface area contributed by atoms with Gasteiger partial charge in [0.25, 0.3) is 0 Å². The zero-order chi connectivity index (χ0) is 21.7. The van der Waals surface area contributed by atoms with Gasteiger partial charge in [0, 0.05) is 18.8 Å². The molecule has 1 fully saturated rings. The fraction of sp³-hybridized carbons (Fsp3) is 0.391. The molecule has 30 heavy (non-hydrogen) atoms. The fourth-order valence-corrected chi connectivity index (χ4v) is 3.50. The number of ether oxygens (including phenoxy) is 2. The quantitative estimate of drug-likeness (QED) is 0.679. The molecule has 0 atom stereocenters. The standard InChI is InChI=1S/C23H27FN2O4/c1-4-29-19-11-10-18(14-20(19)30-5-2)25-21(27)15-26(3)22(28)23(12-13-23)16-6-8-17(24)9-7-16/h6-11,14H,4-5,12-13,15H2,1-3H3,(H,25,27). The predicted molar refractivity (Wildman–Crippen MR) is 112 cm³/mol. The molecule has 0 saturated heterocycles. The number of likely N-dealkylation sites (N-methyl/N-ethyl adjacent to an activating group) is 1. The van der Waals surface area contributed by atoms with Crippen molar-refractivity contribution < 1.29 is 23.5 Å². The first-order valence-corrected chi connectivity index (χ1v) is 10.1. The van der Waals surface area contributed by atoms with Gasteiger partial charge >= 0.3 is 0 Å². The van der Waals surface area contributed by atoms with E-state index in [9.17, 15) is 14.0 Å². The summed E-state index contributed by atoms with van der Waals surface area (Å²) in [4.78, 5) is 26.9. The molecular weight excluding hydrogens is 387 g/mol. The van der Waals surface area contributed by atoms with Crippen LogP contribution in [0.2, 0.25) is 0 Å². The lowest BCUT2D eigenvalue weighted by Crippen LogP contribution is -2.41. The van der Waals surface area contributed by atoms with Crippen molar-refractivity contribution in [2.45, 2.75) is 32.1 Å². The Morgan fingerprint density at radius 1 is 1.03 bits per heavy atom. The number of amides is 2. The van der Waals surface area contributed by atoms with Crippen molar-refractivity contribution in [3.8, 4) is 11.5 Å². The summed E-state index contributed by atoms with van der Waals surface area (Å²) in [5.41, 5.74) is 0.700. The molecule has 0 spiro atoms. The summed E-state index contributed by atoms with van der Waals surface area (Å²) in [7, 11) is 1.61. The SMILES string of the molecule is CCOc1ccc(NC(=O)CN(C)C(=O)C2(c3ccc(F)cc3)CC2)cc1OCC. The Hall–Kier alpha value is -3.09. The zero-order valence-electron chi connectivity index (χ0n) is 17.5. The molecule has 0 unspecified atom stereocenters. The van der Waals surface area contributed by atoms with Crippen molar-refractivity contribution in [2.24, 2.45) is 0 Å². The van der Waals surface area contributed by atoms with Crippen LogP contribution in [0, 0.1) is 5.82 Å². The van der Waals surface area contributed by atoms with Gasteiger partial charge in [0.15, 0.2) is 11.5 Å². The Morgan fingerprint density at radius 2 is 1.67 bits per heavy atom. The molecule has 1 saturated carbocycles. The van der Waals surface area contributed by atoms with E-state index in [1.165, 1.54) is 17.0 Å². The Kier molecular flexibility index (Phi) is 6.59. The average molecular weight is 414 g/mol. The molecule has 1 aliphatic carbocycles. The van der Waals surface area contributed by atoms with Gasteiger partial charge in [0.2, 0.25) is 11.8 Å². The first kappa shape index (κ1) is 21.6. The van der Waals surface area contributed by atoms with Crippen LogP contribution in [0.3, 0.4) is 0 Å². The highest BCUT2D eigenvalue weighted by atomic mass is 19.1. The van der Waals surface area contributed by atoms with Crippen LogP contribution in [0.25, 0.3) is 0 Å². The first-order chi connectivity index (χ1) is 14.4. The molecule has 0 radical (unpaired) electrons. The van der Waals surface area contributed by atoms with E-state index < -0.39 is 5.41 Å². The van der Waals surface area contributed by atoms with Crippen molar-refractivity contribution in [1.82, 2.24) is 4.90 Å². The third-order valence-electron chi connectivity index (χ3n) is 5.11. The fourth-order valence-electron chi connectivity index (χ4n) is 3.50. The van der Waals surface area contributed by atoms with Crippen LogP contribution in [0.4, 0.5) is 10.1 Å². The van der Waals surface area contributed by atoms with E-state index >= 15 is 0 Å². The maximum absolute atomic E-state index is 13.2. The molecule has 3 rings (SSSR count). The molecule has 2 amide bonds. The lowest BCUT2D eigenvalue weighted by Gasteiger charge is -2.23. The van der Waals surface area contributed by atoms with Gasteiger partial charge in [-0.25, -0.2) is 4.39 Å². The third-order valence-corrected chi connectivity index (χ3v) is 5.11. The lowest BCUT2D eigenvalue weighted by atomic mass is 9.94. The van der Waals surface area contributed by atoms with Crippen LogP contribution in [0.1, 0.15) is 32.3 Å². The number of carbonyl (C=O) groups is 2. The monoisotopic (exact) mass is 414 g/mol. The Morgan fingerprint density at radius 3 is 2.27 bits per heavy atom. The first-order valence-electron chi connectivity index (χ1n) is 10.1. The van der Waals surface area contributed by atoms with E-state index in [4.69, 9.17) is 9.47 Å². The van der Waals surface area contributed by atoms with Gasteiger partial charge in [0.05, 0.1) is 25.2 Å². The molecular formula is C23H27FN2O4. The van der Waals surface area contributed by atoms with E-state index in [-0.39, 0.29) is 24.2 Å². The number of nitrogens with zero attached hydrogens (tertiary/aromatic N) is 1. The highest BCUT2D eigenvalue weighted by molar-refractivity contribution is 5.97. The van der Waals surface area contributed by atoms with Gasteiger partial charge in [0.1, 0.15) is 5.82 Å². The molecule has 1 aliphatic rings. The van der Waals surface area contributed by atoms with Gasteiger partial charge < -0.3 is 19.7 Å². The van der Waals surface area contributed by atoms with Crippen LogP contribution in [-0.4, -0.2) is 43.5 Å². The second-order valence-electron chi connectivity index (χ2n) is 7.33. The Bertz CT molecular complexity index is 910. The van der Waals surface area contributed by atoms with Gasteiger partial charge in [-0.3, -0.25) is 9.59 Å². The minimum absolute atomic E-state index is 0.0844. The van der Waals surface area contributed by atoms with Gasteiger partial charge in [-0.2, -0.15) is 0 Å². The van der Waals surface area contributed by atoms with Gasteiger partial charge in [-0.05, 0) is 56.5 Å². The highest BCUT2D eigenvalue weighted by Gasteiger charge is 2.52. The largest absolute Gasteiger partial charge is 0.490 e. The number of anilines is 1. The maximum atomic E-state index is 13.2. The molecule has 6 nitrogen and oxygen atoms in total. The average Bonchev–Trinajstić information content (AvgIpc) is 3.52.